The van der Waals surface area contributed by atoms with Crippen molar-refractivity contribution in [3.05, 3.63) is 65.9 Å². The monoisotopic (exact) mass is 280 g/mol. The van der Waals surface area contributed by atoms with Gasteiger partial charge >= 0.3 is 5.97 Å². The van der Waals surface area contributed by atoms with Crippen molar-refractivity contribution in [2.45, 2.75) is 6.42 Å². The first-order chi connectivity index (χ1) is 10.2. The first-order valence-corrected chi connectivity index (χ1v) is 6.86. The SMILES string of the molecule is O=C(O)c1ccc(NCCc2c[nH]c3ccccc23)cc1. The Bertz CT molecular complexity index is 760. The number of hydrogen-bond acceptors (Lipinski definition) is 2. The zero-order valence-electron chi connectivity index (χ0n) is 11.5. The van der Waals surface area contributed by atoms with Gasteiger partial charge in [-0.25, -0.2) is 4.79 Å². The molecule has 106 valence electrons. The summed E-state index contributed by atoms with van der Waals surface area (Å²) >= 11 is 0. The van der Waals surface area contributed by atoms with Gasteiger partial charge in [-0.3, -0.25) is 0 Å². The molecule has 0 amide bonds. The van der Waals surface area contributed by atoms with Gasteiger partial charge in [0, 0.05) is 29.3 Å². The molecule has 1 aromatic heterocycles. The maximum absolute atomic E-state index is 10.8. The molecule has 0 unspecified atom stereocenters. The molecule has 3 aromatic rings. The molecule has 21 heavy (non-hydrogen) atoms. The van der Waals surface area contributed by atoms with E-state index < -0.39 is 5.97 Å². The van der Waals surface area contributed by atoms with Crippen LogP contribution in [0.15, 0.2) is 54.7 Å². The van der Waals surface area contributed by atoms with Gasteiger partial charge in [0.05, 0.1) is 5.56 Å². The van der Waals surface area contributed by atoms with Crippen molar-refractivity contribution in [2.24, 2.45) is 0 Å². The summed E-state index contributed by atoms with van der Waals surface area (Å²) < 4.78 is 0. The van der Waals surface area contributed by atoms with Crippen molar-refractivity contribution in [3.63, 3.8) is 0 Å². The quantitative estimate of drug-likeness (QED) is 0.670. The molecule has 0 fully saturated rings. The Kier molecular flexibility index (Phi) is 3.60. The number of aromatic amines is 1. The van der Waals surface area contributed by atoms with E-state index in [1.165, 1.54) is 10.9 Å². The number of carbonyl (C=O) groups is 1. The summed E-state index contributed by atoms with van der Waals surface area (Å²) in [5.41, 5.74) is 3.66. The Morgan fingerprint density at radius 1 is 1.10 bits per heavy atom. The summed E-state index contributed by atoms with van der Waals surface area (Å²) in [5.74, 6) is -0.902. The number of H-pyrrole nitrogens is 1. The highest BCUT2D eigenvalue weighted by molar-refractivity contribution is 5.88. The number of benzene rings is 2. The largest absolute Gasteiger partial charge is 0.478 e. The third kappa shape index (κ3) is 2.89. The Labute approximate surface area is 122 Å². The Balaban J connectivity index is 1.62. The highest BCUT2D eigenvalue weighted by atomic mass is 16.4. The van der Waals surface area contributed by atoms with E-state index in [1.807, 2.05) is 18.3 Å². The fraction of sp³-hybridized carbons (Fsp3) is 0.118. The molecule has 3 rings (SSSR count). The predicted octanol–water partition coefficient (Wildman–Crippen LogP) is 3.52. The third-order valence-electron chi connectivity index (χ3n) is 3.53. The van der Waals surface area contributed by atoms with Crippen molar-refractivity contribution in [1.29, 1.82) is 0 Å². The van der Waals surface area contributed by atoms with Crippen LogP contribution < -0.4 is 5.32 Å². The number of aromatic nitrogens is 1. The second-order valence-electron chi connectivity index (χ2n) is 4.92. The Morgan fingerprint density at radius 3 is 2.62 bits per heavy atom. The lowest BCUT2D eigenvalue weighted by Gasteiger charge is -2.06. The van der Waals surface area contributed by atoms with Crippen LogP contribution in [-0.4, -0.2) is 22.6 Å². The molecule has 0 bridgehead atoms. The highest BCUT2D eigenvalue weighted by Gasteiger charge is 2.03. The standard InChI is InChI=1S/C17H16N2O2/c20-17(21)12-5-7-14(8-6-12)18-10-9-13-11-19-16-4-2-1-3-15(13)16/h1-8,11,18-19H,9-10H2,(H,20,21). The molecule has 1 heterocycles. The lowest BCUT2D eigenvalue weighted by atomic mass is 10.1. The Morgan fingerprint density at radius 2 is 1.86 bits per heavy atom. The molecule has 2 aromatic carbocycles. The zero-order chi connectivity index (χ0) is 14.7. The van der Waals surface area contributed by atoms with E-state index in [0.29, 0.717) is 5.56 Å². The summed E-state index contributed by atoms with van der Waals surface area (Å²) in [4.78, 5) is 14.0. The average Bonchev–Trinajstić information content (AvgIpc) is 2.91. The maximum atomic E-state index is 10.8. The molecule has 4 heteroatoms. The number of carboxylic acid groups (broad SMARTS) is 1. The lowest BCUT2D eigenvalue weighted by Crippen LogP contribution is -2.05. The van der Waals surface area contributed by atoms with Crippen LogP contribution in [0.25, 0.3) is 10.9 Å². The number of anilines is 1. The van der Waals surface area contributed by atoms with Gasteiger partial charge in [-0.1, -0.05) is 18.2 Å². The maximum Gasteiger partial charge on any atom is 0.335 e. The number of nitrogens with one attached hydrogen (secondary N) is 2. The van der Waals surface area contributed by atoms with Gasteiger partial charge in [0.2, 0.25) is 0 Å². The Hall–Kier alpha value is -2.75. The zero-order valence-corrected chi connectivity index (χ0v) is 11.5. The average molecular weight is 280 g/mol. The number of fused-ring (bicyclic) bond motifs is 1. The van der Waals surface area contributed by atoms with Gasteiger partial charge < -0.3 is 15.4 Å². The minimum absolute atomic E-state index is 0.303. The minimum Gasteiger partial charge on any atom is -0.478 e. The summed E-state index contributed by atoms with van der Waals surface area (Å²) in [7, 11) is 0. The van der Waals surface area contributed by atoms with Crippen LogP contribution in [-0.2, 0) is 6.42 Å². The second-order valence-corrected chi connectivity index (χ2v) is 4.92. The number of hydrogen-bond donors (Lipinski definition) is 3. The van der Waals surface area contributed by atoms with E-state index in [9.17, 15) is 4.79 Å². The van der Waals surface area contributed by atoms with E-state index in [2.05, 4.69) is 22.4 Å². The molecule has 4 nitrogen and oxygen atoms in total. The summed E-state index contributed by atoms with van der Waals surface area (Å²) in [6.07, 6.45) is 2.95. The molecule has 0 radical (unpaired) electrons. The molecule has 0 atom stereocenters. The molecule has 0 aliphatic rings. The normalized spacial score (nSPS) is 10.7. The van der Waals surface area contributed by atoms with E-state index in [0.717, 1.165) is 24.2 Å². The van der Waals surface area contributed by atoms with Gasteiger partial charge in [-0.2, -0.15) is 0 Å². The van der Waals surface area contributed by atoms with Crippen molar-refractivity contribution in [3.8, 4) is 0 Å². The fourth-order valence-corrected chi connectivity index (χ4v) is 2.41. The predicted molar refractivity (Wildman–Crippen MR) is 83.9 cm³/mol. The van der Waals surface area contributed by atoms with Gasteiger partial charge in [-0.05, 0) is 42.3 Å². The second kappa shape index (κ2) is 5.71. The summed E-state index contributed by atoms with van der Waals surface area (Å²) in [5, 5.41) is 13.4. The molecule has 0 aliphatic heterocycles. The highest BCUT2D eigenvalue weighted by Crippen LogP contribution is 2.18. The van der Waals surface area contributed by atoms with Crippen LogP contribution >= 0.6 is 0 Å². The summed E-state index contributed by atoms with van der Waals surface area (Å²) in [6, 6.07) is 15.0. The topological polar surface area (TPSA) is 65.1 Å². The molecule has 0 saturated carbocycles. The number of rotatable bonds is 5. The van der Waals surface area contributed by atoms with Crippen molar-refractivity contribution < 1.29 is 9.90 Å². The fourth-order valence-electron chi connectivity index (χ4n) is 2.41. The first kappa shape index (κ1) is 13.2. The van der Waals surface area contributed by atoms with Gasteiger partial charge in [0.25, 0.3) is 0 Å². The molecule has 3 N–H and O–H groups in total. The molecule has 0 spiro atoms. The van der Waals surface area contributed by atoms with E-state index in [1.54, 1.807) is 24.3 Å². The van der Waals surface area contributed by atoms with Crippen molar-refractivity contribution in [1.82, 2.24) is 4.98 Å². The lowest BCUT2D eigenvalue weighted by molar-refractivity contribution is 0.0697. The minimum atomic E-state index is -0.902. The van der Waals surface area contributed by atoms with Gasteiger partial charge in [0.15, 0.2) is 0 Å². The first-order valence-electron chi connectivity index (χ1n) is 6.86. The van der Waals surface area contributed by atoms with E-state index >= 15 is 0 Å². The van der Waals surface area contributed by atoms with Crippen molar-refractivity contribution in [2.75, 3.05) is 11.9 Å². The molecular weight excluding hydrogens is 264 g/mol. The number of para-hydroxylation sites is 1. The van der Waals surface area contributed by atoms with Crippen LogP contribution in [0.3, 0.4) is 0 Å². The smallest absolute Gasteiger partial charge is 0.335 e. The number of carboxylic acids is 1. The molecular formula is C17H16N2O2. The van der Waals surface area contributed by atoms with Crippen LogP contribution in [0.1, 0.15) is 15.9 Å². The van der Waals surface area contributed by atoms with Crippen LogP contribution in [0.5, 0.6) is 0 Å². The van der Waals surface area contributed by atoms with Crippen LogP contribution in [0, 0.1) is 0 Å². The number of aromatic carboxylic acids is 1. The van der Waals surface area contributed by atoms with E-state index in [4.69, 9.17) is 5.11 Å². The van der Waals surface area contributed by atoms with Gasteiger partial charge in [-0.15, -0.1) is 0 Å². The molecule has 0 saturated heterocycles. The van der Waals surface area contributed by atoms with Crippen molar-refractivity contribution >= 4 is 22.6 Å². The summed E-state index contributed by atoms with van der Waals surface area (Å²) in [6.45, 7) is 0.800. The van der Waals surface area contributed by atoms with Crippen LogP contribution in [0.4, 0.5) is 5.69 Å². The molecule has 0 aliphatic carbocycles. The third-order valence-corrected chi connectivity index (χ3v) is 3.53. The van der Waals surface area contributed by atoms with Crippen LogP contribution in [0.2, 0.25) is 0 Å². The van der Waals surface area contributed by atoms with E-state index in [-0.39, 0.29) is 0 Å². The van der Waals surface area contributed by atoms with Gasteiger partial charge in [0.1, 0.15) is 0 Å².